The number of ether oxygens (including phenoxy) is 1. The number of rotatable bonds is 4. The Morgan fingerprint density at radius 3 is 3.00 bits per heavy atom. The summed E-state index contributed by atoms with van der Waals surface area (Å²) in [5.74, 6) is 0.819. The summed E-state index contributed by atoms with van der Waals surface area (Å²) in [7, 11) is 0. The molecule has 0 radical (unpaired) electrons. The van der Waals surface area contributed by atoms with E-state index in [2.05, 4.69) is 5.32 Å². The molecule has 1 atom stereocenters. The zero-order valence-corrected chi connectivity index (χ0v) is 11.0. The lowest BCUT2D eigenvalue weighted by atomic mass is 10.1. The van der Waals surface area contributed by atoms with Crippen LogP contribution in [0.4, 0.5) is 0 Å². The number of carbonyl (C=O) groups is 1. The van der Waals surface area contributed by atoms with Crippen LogP contribution in [0.5, 0.6) is 5.75 Å². The summed E-state index contributed by atoms with van der Waals surface area (Å²) in [5, 5.41) is 3.49. The number of halogens is 1. The number of benzene rings is 1. The van der Waals surface area contributed by atoms with E-state index in [-0.39, 0.29) is 11.9 Å². The van der Waals surface area contributed by atoms with Gasteiger partial charge in [0.25, 0.3) is 0 Å². The Labute approximate surface area is 112 Å². The van der Waals surface area contributed by atoms with Crippen molar-refractivity contribution in [1.29, 1.82) is 0 Å². The molecule has 1 aromatic rings. The molecule has 96 valence electrons. The molecule has 1 fully saturated rings. The van der Waals surface area contributed by atoms with E-state index >= 15 is 0 Å². The molecule has 4 heteroatoms. The van der Waals surface area contributed by atoms with Crippen LogP contribution in [0, 0.1) is 0 Å². The maximum atomic E-state index is 11.1. The number of amides is 1. The topological polar surface area (TPSA) is 38.3 Å². The molecule has 0 spiro atoms. The second-order valence-corrected chi connectivity index (χ2v) is 4.60. The summed E-state index contributed by atoms with van der Waals surface area (Å²) < 4.78 is 5.37. The Balaban J connectivity index is 2.03. The number of hydrogen-bond donors (Lipinski definition) is 1. The van der Waals surface area contributed by atoms with Gasteiger partial charge in [-0.3, -0.25) is 4.79 Å². The lowest BCUT2D eigenvalue weighted by Gasteiger charge is -2.06. The van der Waals surface area contributed by atoms with Gasteiger partial charge in [-0.1, -0.05) is 29.8 Å². The van der Waals surface area contributed by atoms with E-state index in [9.17, 15) is 4.79 Å². The van der Waals surface area contributed by atoms with Crippen LogP contribution in [-0.4, -0.2) is 18.6 Å². The molecule has 1 saturated heterocycles. The predicted octanol–water partition coefficient (Wildman–Crippen LogP) is 3.03. The molecule has 0 bridgehead atoms. The highest BCUT2D eigenvalue weighted by Gasteiger charge is 2.17. The van der Waals surface area contributed by atoms with E-state index in [0.29, 0.717) is 23.8 Å². The van der Waals surface area contributed by atoms with Crippen molar-refractivity contribution in [3.8, 4) is 5.75 Å². The molecular weight excluding hydrogens is 250 g/mol. The standard InChI is InChI=1S/C14H16ClNO2/c1-2-18-13-7-4-10(9-12(13)15)3-5-11-6-8-14(17)16-11/h3-5,7,9,11H,2,6,8H2,1H3,(H,16,17)/b5-3+/t11-/m0/s1. The first-order valence-corrected chi connectivity index (χ1v) is 6.46. The summed E-state index contributed by atoms with van der Waals surface area (Å²) >= 11 is 6.10. The van der Waals surface area contributed by atoms with Crippen molar-refractivity contribution in [2.45, 2.75) is 25.8 Å². The molecule has 0 aliphatic carbocycles. The Morgan fingerprint density at radius 2 is 2.39 bits per heavy atom. The number of carbonyl (C=O) groups excluding carboxylic acids is 1. The van der Waals surface area contributed by atoms with Gasteiger partial charge in [-0.15, -0.1) is 0 Å². The van der Waals surface area contributed by atoms with Crippen LogP contribution in [-0.2, 0) is 4.79 Å². The fraction of sp³-hybridized carbons (Fsp3) is 0.357. The third kappa shape index (κ3) is 3.26. The lowest BCUT2D eigenvalue weighted by Crippen LogP contribution is -2.22. The molecular formula is C14H16ClNO2. The molecule has 1 aromatic carbocycles. The highest BCUT2D eigenvalue weighted by Crippen LogP contribution is 2.26. The van der Waals surface area contributed by atoms with Gasteiger partial charge in [-0.05, 0) is 31.0 Å². The highest BCUT2D eigenvalue weighted by molar-refractivity contribution is 6.32. The molecule has 0 unspecified atom stereocenters. The SMILES string of the molecule is CCOc1ccc(/C=C/[C@H]2CCC(=O)N2)cc1Cl. The summed E-state index contributed by atoms with van der Waals surface area (Å²) in [6, 6.07) is 5.81. The minimum atomic E-state index is 0.120. The van der Waals surface area contributed by atoms with Gasteiger partial charge in [0, 0.05) is 12.5 Å². The molecule has 2 rings (SSSR count). The van der Waals surface area contributed by atoms with Gasteiger partial charge in [0.1, 0.15) is 5.75 Å². The lowest BCUT2D eigenvalue weighted by molar-refractivity contribution is -0.119. The van der Waals surface area contributed by atoms with Crippen molar-refractivity contribution in [2.75, 3.05) is 6.61 Å². The molecule has 1 aliphatic heterocycles. The van der Waals surface area contributed by atoms with Crippen LogP contribution in [0.1, 0.15) is 25.3 Å². The van der Waals surface area contributed by atoms with Gasteiger partial charge in [-0.25, -0.2) is 0 Å². The molecule has 0 saturated carbocycles. The third-order valence-electron chi connectivity index (χ3n) is 2.81. The second kappa shape index (κ2) is 5.91. The van der Waals surface area contributed by atoms with Crippen molar-refractivity contribution >= 4 is 23.6 Å². The van der Waals surface area contributed by atoms with Crippen LogP contribution in [0.3, 0.4) is 0 Å². The van der Waals surface area contributed by atoms with E-state index in [0.717, 1.165) is 12.0 Å². The smallest absolute Gasteiger partial charge is 0.220 e. The maximum absolute atomic E-state index is 11.1. The zero-order chi connectivity index (χ0) is 13.0. The van der Waals surface area contributed by atoms with Crippen molar-refractivity contribution < 1.29 is 9.53 Å². The quantitative estimate of drug-likeness (QED) is 0.909. The summed E-state index contributed by atoms with van der Waals surface area (Å²) in [5.41, 5.74) is 1.00. The molecule has 1 amide bonds. The van der Waals surface area contributed by atoms with Crippen molar-refractivity contribution in [2.24, 2.45) is 0 Å². The molecule has 18 heavy (non-hydrogen) atoms. The minimum Gasteiger partial charge on any atom is -0.492 e. The second-order valence-electron chi connectivity index (χ2n) is 4.19. The Morgan fingerprint density at radius 1 is 1.56 bits per heavy atom. The van der Waals surface area contributed by atoms with Gasteiger partial charge in [-0.2, -0.15) is 0 Å². The van der Waals surface area contributed by atoms with Crippen LogP contribution < -0.4 is 10.1 Å². The average Bonchev–Trinajstić information content (AvgIpc) is 2.76. The van der Waals surface area contributed by atoms with E-state index < -0.39 is 0 Å². The first-order chi connectivity index (χ1) is 8.69. The van der Waals surface area contributed by atoms with Gasteiger partial charge in [0.15, 0.2) is 0 Å². The molecule has 3 nitrogen and oxygen atoms in total. The van der Waals surface area contributed by atoms with Gasteiger partial charge < -0.3 is 10.1 Å². The van der Waals surface area contributed by atoms with E-state index in [1.54, 1.807) is 0 Å². The Kier molecular flexibility index (Phi) is 4.26. The number of hydrogen-bond acceptors (Lipinski definition) is 2. The average molecular weight is 266 g/mol. The summed E-state index contributed by atoms with van der Waals surface area (Å²) in [6.45, 7) is 2.52. The predicted molar refractivity (Wildman–Crippen MR) is 72.8 cm³/mol. The van der Waals surface area contributed by atoms with Gasteiger partial charge >= 0.3 is 0 Å². The Bertz CT molecular complexity index is 471. The van der Waals surface area contributed by atoms with E-state index in [1.807, 2.05) is 37.3 Å². The highest BCUT2D eigenvalue weighted by atomic mass is 35.5. The fourth-order valence-corrected chi connectivity index (χ4v) is 2.15. The zero-order valence-electron chi connectivity index (χ0n) is 10.3. The largest absolute Gasteiger partial charge is 0.492 e. The molecule has 0 aromatic heterocycles. The van der Waals surface area contributed by atoms with Crippen molar-refractivity contribution in [3.05, 3.63) is 34.9 Å². The van der Waals surface area contributed by atoms with Crippen molar-refractivity contribution in [3.63, 3.8) is 0 Å². The fourth-order valence-electron chi connectivity index (χ4n) is 1.90. The summed E-state index contributed by atoms with van der Waals surface area (Å²) in [6.07, 6.45) is 5.44. The molecule has 1 aliphatic rings. The number of nitrogens with one attached hydrogen (secondary N) is 1. The van der Waals surface area contributed by atoms with Crippen LogP contribution in [0.2, 0.25) is 5.02 Å². The van der Waals surface area contributed by atoms with E-state index in [1.165, 1.54) is 0 Å². The first kappa shape index (κ1) is 13.0. The monoisotopic (exact) mass is 265 g/mol. The van der Waals surface area contributed by atoms with Crippen molar-refractivity contribution in [1.82, 2.24) is 5.32 Å². The van der Waals surface area contributed by atoms with Gasteiger partial charge in [0.2, 0.25) is 5.91 Å². The summed E-state index contributed by atoms with van der Waals surface area (Å²) in [4.78, 5) is 11.1. The molecule has 1 N–H and O–H groups in total. The minimum absolute atomic E-state index is 0.120. The molecule has 1 heterocycles. The van der Waals surface area contributed by atoms with Crippen LogP contribution in [0.25, 0.3) is 6.08 Å². The van der Waals surface area contributed by atoms with Crippen LogP contribution >= 0.6 is 11.6 Å². The third-order valence-corrected chi connectivity index (χ3v) is 3.10. The van der Waals surface area contributed by atoms with E-state index in [4.69, 9.17) is 16.3 Å². The normalized spacial score (nSPS) is 19.2. The van der Waals surface area contributed by atoms with Gasteiger partial charge in [0.05, 0.1) is 11.6 Å². The van der Waals surface area contributed by atoms with Crippen LogP contribution in [0.15, 0.2) is 24.3 Å². The Hall–Kier alpha value is -1.48. The first-order valence-electron chi connectivity index (χ1n) is 6.09. The maximum Gasteiger partial charge on any atom is 0.220 e.